The SMILES string of the molecule is CCOc1ccc(-c2[nH]nc3c2[C@H](c2ccccc2F)C(C#N)=C(N)O3)cc1OC. The van der Waals surface area contributed by atoms with Gasteiger partial charge in [0.25, 0.3) is 0 Å². The van der Waals surface area contributed by atoms with Crippen molar-refractivity contribution < 1.29 is 18.6 Å². The first kappa shape index (κ1) is 19.3. The predicted molar refractivity (Wildman–Crippen MR) is 107 cm³/mol. The van der Waals surface area contributed by atoms with Crippen LogP contribution in [0, 0.1) is 17.1 Å². The number of nitriles is 1. The van der Waals surface area contributed by atoms with E-state index in [-0.39, 0.29) is 17.3 Å². The van der Waals surface area contributed by atoms with Gasteiger partial charge in [-0.1, -0.05) is 18.2 Å². The van der Waals surface area contributed by atoms with E-state index in [2.05, 4.69) is 16.3 Å². The number of hydrogen-bond donors (Lipinski definition) is 2. The predicted octanol–water partition coefficient (Wildman–Crippen LogP) is 3.84. The molecule has 1 atom stereocenters. The molecule has 0 amide bonds. The summed E-state index contributed by atoms with van der Waals surface area (Å²) in [6.45, 7) is 2.38. The lowest BCUT2D eigenvalue weighted by atomic mass is 9.82. The van der Waals surface area contributed by atoms with E-state index in [1.54, 1.807) is 37.4 Å². The second-order valence-corrected chi connectivity index (χ2v) is 6.56. The van der Waals surface area contributed by atoms with Crippen molar-refractivity contribution >= 4 is 0 Å². The smallest absolute Gasteiger partial charge is 0.244 e. The molecular formula is C22H19FN4O3. The first-order valence-corrected chi connectivity index (χ1v) is 9.30. The number of halogens is 1. The van der Waals surface area contributed by atoms with Crippen molar-refractivity contribution in [2.75, 3.05) is 13.7 Å². The molecule has 0 fully saturated rings. The third-order valence-electron chi connectivity index (χ3n) is 4.91. The second kappa shape index (κ2) is 7.79. The second-order valence-electron chi connectivity index (χ2n) is 6.56. The van der Waals surface area contributed by atoms with Gasteiger partial charge in [0, 0.05) is 11.1 Å². The number of allylic oxidation sites excluding steroid dienone is 1. The zero-order chi connectivity index (χ0) is 21.3. The largest absolute Gasteiger partial charge is 0.493 e. The lowest BCUT2D eigenvalue weighted by Crippen LogP contribution is -2.21. The summed E-state index contributed by atoms with van der Waals surface area (Å²) >= 11 is 0. The van der Waals surface area contributed by atoms with Crippen molar-refractivity contribution in [1.29, 1.82) is 5.26 Å². The van der Waals surface area contributed by atoms with Crippen molar-refractivity contribution in [1.82, 2.24) is 10.2 Å². The lowest BCUT2D eigenvalue weighted by molar-refractivity contribution is 0.311. The highest BCUT2D eigenvalue weighted by atomic mass is 19.1. The van der Waals surface area contributed by atoms with Crippen molar-refractivity contribution in [3.8, 4) is 34.7 Å². The monoisotopic (exact) mass is 406 g/mol. The zero-order valence-electron chi connectivity index (χ0n) is 16.4. The third kappa shape index (κ3) is 3.10. The van der Waals surface area contributed by atoms with Gasteiger partial charge in [-0.15, -0.1) is 5.10 Å². The van der Waals surface area contributed by atoms with Gasteiger partial charge >= 0.3 is 0 Å². The van der Waals surface area contributed by atoms with Crippen LogP contribution in [-0.2, 0) is 0 Å². The molecule has 152 valence electrons. The van der Waals surface area contributed by atoms with E-state index >= 15 is 0 Å². The zero-order valence-corrected chi connectivity index (χ0v) is 16.4. The van der Waals surface area contributed by atoms with E-state index in [4.69, 9.17) is 19.9 Å². The molecule has 2 aromatic carbocycles. The number of rotatable bonds is 5. The number of nitrogens with one attached hydrogen (secondary N) is 1. The Hall–Kier alpha value is -3.99. The Morgan fingerprint density at radius 3 is 2.77 bits per heavy atom. The van der Waals surface area contributed by atoms with Crippen molar-refractivity contribution in [2.24, 2.45) is 5.73 Å². The fraction of sp³-hybridized carbons (Fsp3) is 0.182. The topological polar surface area (TPSA) is 106 Å². The summed E-state index contributed by atoms with van der Waals surface area (Å²) in [6.07, 6.45) is 0. The number of fused-ring (bicyclic) bond motifs is 1. The first-order valence-electron chi connectivity index (χ1n) is 9.30. The minimum Gasteiger partial charge on any atom is -0.493 e. The number of aromatic nitrogens is 2. The maximum atomic E-state index is 14.7. The van der Waals surface area contributed by atoms with Gasteiger partial charge in [-0.05, 0) is 31.2 Å². The van der Waals surface area contributed by atoms with Gasteiger partial charge in [-0.2, -0.15) is 5.26 Å². The number of nitrogens with two attached hydrogens (primary N) is 1. The van der Waals surface area contributed by atoms with Gasteiger partial charge in [-0.3, -0.25) is 5.10 Å². The third-order valence-corrected chi connectivity index (χ3v) is 4.91. The van der Waals surface area contributed by atoms with Gasteiger partial charge in [0.05, 0.1) is 30.9 Å². The molecule has 8 heteroatoms. The van der Waals surface area contributed by atoms with Crippen LogP contribution in [0.5, 0.6) is 17.4 Å². The standard InChI is InChI=1S/C22H19FN4O3/c1-3-29-16-9-8-12(10-17(16)28-2)20-19-18(13-6-4-5-7-15(13)23)14(11-24)21(25)30-22(19)27-26-20/h4-10,18H,3,25H2,1-2H3,(H,26,27)/t18-/m1/s1. The molecule has 0 spiro atoms. The number of ether oxygens (including phenoxy) is 3. The molecule has 1 aliphatic rings. The van der Waals surface area contributed by atoms with E-state index < -0.39 is 11.7 Å². The van der Waals surface area contributed by atoms with Crippen LogP contribution in [0.4, 0.5) is 4.39 Å². The molecule has 0 unspecified atom stereocenters. The van der Waals surface area contributed by atoms with E-state index in [0.29, 0.717) is 40.5 Å². The summed E-state index contributed by atoms with van der Waals surface area (Å²) in [5.74, 6) is 0.00934. The molecular weight excluding hydrogens is 387 g/mol. The van der Waals surface area contributed by atoms with Gasteiger partial charge in [0.2, 0.25) is 11.8 Å². The molecule has 7 nitrogen and oxygen atoms in total. The summed E-state index contributed by atoms with van der Waals surface area (Å²) in [4.78, 5) is 0. The van der Waals surface area contributed by atoms with Gasteiger partial charge in [0.1, 0.15) is 17.5 Å². The highest BCUT2D eigenvalue weighted by Crippen LogP contribution is 2.47. The van der Waals surface area contributed by atoms with Gasteiger partial charge in [-0.25, -0.2) is 4.39 Å². The number of hydrogen-bond acceptors (Lipinski definition) is 6. The van der Waals surface area contributed by atoms with E-state index in [1.165, 1.54) is 6.07 Å². The Morgan fingerprint density at radius 1 is 1.27 bits per heavy atom. The Morgan fingerprint density at radius 2 is 2.07 bits per heavy atom. The van der Waals surface area contributed by atoms with Crippen LogP contribution in [0.15, 0.2) is 53.9 Å². The highest BCUT2D eigenvalue weighted by Gasteiger charge is 2.37. The Labute approximate surface area is 172 Å². The van der Waals surface area contributed by atoms with Gasteiger partial charge in [0.15, 0.2) is 11.5 Å². The average Bonchev–Trinajstić information content (AvgIpc) is 3.17. The van der Waals surface area contributed by atoms with Gasteiger partial charge < -0.3 is 19.9 Å². The molecule has 1 aliphatic heterocycles. The molecule has 30 heavy (non-hydrogen) atoms. The van der Waals surface area contributed by atoms with Crippen LogP contribution in [-0.4, -0.2) is 23.9 Å². The quantitative estimate of drug-likeness (QED) is 0.667. The number of nitrogens with zero attached hydrogens (tertiary/aromatic N) is 2. The molecule has 2 heterocycles. The van der Waals surface area contributed by atoms with Crippen molar-refractivity contribution in [3.05, 3.63) is 70.9 Å². The van der Waals surface area contributed by atoms with Crippen LogP contribution in [0.3, 0.4) is 0 Å². The summed E-state index contributed by atoms with van der Waals surface area (Å²) in [5.41, 5.74) is 8.19. The molecule has 3 aromatic rings. The minimum atomic E-state index is -0.772. The molecule has 0 saturated heterocycles. The van der Waals surface area contributed by atoms with Crippen LogP contribution in [0.25, 0.3) is 11.3 Å². The van der Waals surface area contributed by atoms with Crippen LogP contribution < -0.4 is 19.9 Å². The molecule has 0 bridgehead atoms. The molecule has 4 rings (SSSR count). The lowest BCUT2D eigenvalue weighted by Gasteiger charge is -2.24. The number of methoxy groups -OCH3 is 1. The Kier molecular flexibility index (Phi) is 5.02. The molecule has 0 aliphatic carbocycles. The molecule has 0 radical (unpaired) electrons. The number of aromatic amines is 1. The first-order chi connectivity index (χ1) is 14.6. The summed E-state index contributed by atoms with van der Waals surface area (Å²) in [5, 5.41) is 16.9. The number of benzene rings is 2. The summed E-state index contributed by atoms with van der Waals surface area (Å²) < 4.78 is 31.3. The van der Waals surface area contributed by atoms with E-state index in [0.717, 1.165) is 0 Å². The van der Waals surface area contributed by atoms with Crippen molar-refractivity contribution in [2.45, 2.75) is 12.8 Å². The maximum absolute atomic E-state index is 14.7. The fourth-order valence-corrected chi connectivity index (χ4v) is 3.58. The number of H-pyrrole nitrogens is 1. The normalized spacial score (nSPS) is 15.2. The van der Waals surface area contributed by atoms with E-state index in [1.807, 2.05) is 13.0 Å². The Balaban J connectivity index is 1.91. The maximum Gasteiger partial charge on any atom is 0.244 e. The minimum absolute atomic E-state index is 0.0967. The van der Waals surface area contributed by atoms with Crippen LogP contribution in [0.2, 0.25) is 0 Å². The summed E-state index contributed by atoms with van der Waals surface area (Å²) in [6, 6.07) is 13.7. The molecule has 0 saturated carbocycles. The van der Waals surface area contributed by atoms with Crippen molar-refractivity contribution in [3.63, 3.8) is 0 Å². The molecule has 3 N–H and O–H groups in total. The average molecular weight is 406 g/mol. The van der Waals surface area contributed by atoms with Crippen LogP contribution in [0.1, 0.15) is 24.0 Å². The Bertz CT molecular complexity index is 1180. The summed E-state index contributed by atoms with van der Waals surface area (Å²) in [7, 11) is 1.55. The highest BCUT2D eigenvalue weighted by molar-refractivity contribution is 5.73. The van der Waals surface area contributed by atoms with E-state index in [9.17, 15) is 9.65 Å². The van der Waals surface area contributed by atoms with Crippen LogP contribution >= 0.6 is 0 Å². The fourth-order valence-electron chi connectivity index (χ4n) is 3.58. The molecule has 1 aromatic heterocycles.